The molecule has 0 amide bonds. The molecular formula is C22H45N. The van der Waals surface area contributed by atoms with Gasteiger partial charge in [0.2, 0.25) is 0 Å². The van der Waals surface area contributed by atoms with Crippen LogP contribution in [0.1, 0.15) is 99.3 Å². The number of piperidine rings is 1. The maximum absolute atomic E-state index is 2.72. The molecule has 0 aromatic carbocycles. The number of unbranched alkanes of at least 4 members (excludes halogenated alkanes) is 4. The highest BCUT2D eigenvalue weighted by Gasteiger charge is 2.32. The van der Waals surface area contributed by atoms with Gasteiger partial charge in [-0.1, -0.05) is 80.1 Å². The first kappa shape index (κ1) is 21.0. The van der Waals surface area contributed by atoms with Gasteiger partial charge >= 0.3 is 0 Å². The van der Waals surface area contributed by atoms with Crippen molar-refractivity contribution in [1.29, 1.82) is 0 Å². The largest absolute Gasteiger partial charge is 0.303 e. The third-order valence-electron chi connectivity index (χ3n) is 6.91. The minimum absolute atomic E-state index is 0.600. The minimum atomic E-state index is 0.600. The van der Waals surface area contributed by atoms with Gasteiger partial charge in [0, 0.05) is 0 Å². The van der Waals surface area contributed by atoms with Crippen LogP contribution in [0, 0.1) is 23.2 Å². The quantitative estimate of drug-likeness (QED) is 0.379. The van der Waals surface area contributed by atoms with Gasteiger partial charge < -0.3 is 4.90 Å². The summed E-state index contributed by atoms with van der Waals surface area (Å²) in [5.41, 5.74) is 0.600. The smallest absolute Gasteiger partial charge is 0.00134 e. The molecule has 1 saturated heterocycles. The Balaban J connectivity index is 2.00. The predicted octanol–water partition coefficient (Wildman–Crippen LogP) is 6.77. The topological polar surface area (TPSA) is 3.24 Å². The van der Waals surface area contributed by atoms with Gasteiger partial charge in [-0.05, 0) is 62.1 Å². The standard InChI is InChI=1S/C22H45N/c1-7-21(19(2)3)13-11-9-8-10-12-16-23-17-14-22(6,15-18-23)20(4)5/h19-21H,7-18H2,1-6H3. The molecule has 0 aromatic heterocycles. The summed E-state index contributed by atoms with van der Waals surface area (Å²) in [5, 5.41) is 0. The third kappa shape index (κ3) is 7.59. The lowest BCUT2D eigenvalue weighted by atomic mass is 9.72. The summed E-state index contributed by atoms with van der Waals surface area (Å²) < 4.78 is 0. The molecule has 1 heterocycles. The Labute approximate surface area is 147 Å². The SMILES string of the molecule is CCC(CCCCCCCN1CCC(C)(C(C)C)CC1)C(C)C. The average Bonchev–Trinajstić information content (AvgIpc) is 2.51. The van der Waals surface area contributed by atoms with Gasteiger partial charge in [0.1, 0.15) is 0 Å². The van der Waals surface area contributed by atoms with Gasteiger partial charge in [-0.25, -0.2) is 0 Å². The van der Waals surface area contributed by atoms with E-state index in [4.69, 9.17) is 0 Å². The first-order valence-corrected chi connectivity index (χ1v) is 10.6. The van der Waals surface area contributed by atoms with E-state index in [9.17, 15) is 0 Å². The average molecular weight is 324 g/mol. The molecule has 0 spiro atoms. The molecule has 1 rings (SSSR count). The van der Waals surface area contributed by atoms with Crippen molar-refractivity contribution in [2.75, 3.05) is 19.6 Å². The number of hydrogen-bond acceptors (Lipinski definition) is 1. The molecular weight excluding hydrogens is 278 g/mol. The Morgan fingerprint density at radius 1 is 0.870 bits per heavy atom. The zero-order valence-corrected chi connectivity index (χ0v) is 17.2. The zero-order valence-electron chi connectivity index (χ0n) is 17.2. The summed E-state index contributed by atoms with van der Waals surface area (Å²) in [4.78, 5) is 2.72. The van der Waals surface area contributed by atoms with E-state index >= 15 is 0 Å². The van der Waals surface area contributed by atoms with Crippen LogP contribution in [-0.2, 0) is 0 Å². The molecule has 0 radical (unpaired) electrons. The maximum atomic E-state index is 2.72. The molecule has 0 saturated carbocycles. The lowest BCUT2D eigenvalue weighted by Crippen LogP contribution is -2.41. The molecule has 1 nitrogen and oxygen atoms in total. The summed E-state index contributed by atoms with van der Waals surface area (Å²) in [7, 11) is 0. The Morgan fingerprint density at radius 2 is 1.43 bits per heavy atom. The van der Waals surface area contributed by atoms with Crippen molar-refractivity contribution in [2.24, 2.45) is 23.2 Å². The van der Waals surface area contributed by atoms with E-state index < -0.39 is 0 Å². The molecule has 1 aliphatic heterocycles. The van der Waals surface area contributed by atoms with E-state index in [0.29, 0.717) is 5.41 Å². The highest BCUT2D eigenvalue weighted by atomic mass is 15.1. The van der Waals surface area contributed by atoms with Crippen LogP contribution in [0.3, 0.4) is 0 Å². The van der Waals surface area contributed by atoms with Crippen LogP contribution in [0.15, 0.2) is 0 Å². The van der Waals surface area contributed by atoms with E-state index in [0.717, 1.165) is 17.8 Å². The van der Waals surface area contributed by atoms with Crippen LogP contribution in [0.4, 0.5) is 0 Å². The molecule has 138 valence electrons. The molecule has 0 aromatic rings. The Morgan fingerprint density at radius 3 is 1.96 bits per heavy atom. The molecule has 0 bridgehead atoms. The summed E-state index contributed by atoms with van der Waals surface area (Å²) in [6.45, 7) is 18.4. The van der Waals surface area contributed by atoms with Crippen LogP contribution in [-0.4, -0.2) is 24.5 Å². The van der Waals surface area contributed by atoms with E-state index in [1.165, 1.54) is 77.4 Å². The number of rotatable bonds is 11. The second kappa shape index (κ2) is 10.7. The van der Waals surface area contributed by atoms with E-state index in [2.05, 4.69) is 46.4 Å². The van der Waals surface area contributed by atoms with Crippen molar-refractivity contribution in [2.45, 2.75) is 99.3 Å². The number of nitrogens with zero attached hydrogens (tertiary/aromatic N) is 1. The fraction of sp³-hybridized carbons (Fsp3) is 1.00. The van der Waals surface area contributed by atoms with Crippen molar-refractivity contribution in [1.82, 2.24) is 4.90 Å². The Bertz CT molecular complexity index is 286. The van der Waals surface area contributed by atoms with Crippen molar-refractivity contribution in [3.05, 3.63) is 0 Å². The normalized spacial score (nSPS) is 20.3. The maximum Gasteiger partial charge on any atom is -0.00134 e. The molecule has 1 aliphatic rings. The van der Waals surface area contributed by atoms with Gasteiger partial charge in [-0.15, -0.1) is 0 Å². The highest BCUT2D eigenvalue weighted by Crippen LogP contribution is 2.37. The lowest BCUT2D eigenvalue weighted by molar-refractivity contribution is 0.0773. The first-order chi connectivity index (χ1) is 10.9. The Kier molecular flexibility index (Phi) is 9.82. The van der Waals surface area contributed by atoms with E-state index in [1.54, 1.807) is 0 Å². The predicted molar refractivity (Wildman–Crippen MR) is 105 cm³/mol. The van der Waals surface area contributed by atoms with Gasteiger partial charge in [0.05, 0.1) is 0 Å². The zero-order chi connectivity index (χ0) is 17.3. The van der Waals surface area contributed by atoms with Crippen LogP contribution in [0.2, 0.25) is 0 Å². The molecule has 23 heavy (non-hydrogen) atoms. The van der Waals surface area contributed by atoms with Gasteiger partial charge in [-0.3, -0.25) is 0 Å². The van der Waals surface area contributed by atoms with Gasteiger partial charge in [0.15, 0.2) is 0 Å². The molecule has 0 aliphatic carbocycles. The molecule has 1 unspecified atom stereocenters. The van der Waals surface area contributed by atoms with Crippen molar-refractivity contribution in [3.63, 3.8) is 0 Å². The molecule has 1 heteroatoms. The monoisotopic (exact) mass is 323 g/mol. The van der Waals surface area contributed by atoms with E-state index in [-0.39, 0.29) is 0 Å². The summed E-state index contributed by atoms with van der Waals surface area (Å²) >= 11 is 0. The van der Waals surface area contributed by atoms with Crippen molar-refractivity contribution >= 4 is 0 Å². The van der Waals surface area contributed by atoms with Crippen LogP contribution < -0.4 is 0 Å². The molecule has 1 atom stereocenters. The fourth-order valence-corrected chi connectivity index (χ4v) is 4.15. The third-order valence-corrected chi connectivity index (χ3v) is 6.91. The second-order valence-corrected chi connectivity index (χ2v) is 9.12. The second-order valence-electron chi connectivity index (χ2n) is 9.12. The molecule has 1 fully saturated rings. The minimum Gasteiger partial charge on any atom is -0.303 e. The number of hydrogen-bond donors (Lipinski definition) is 0. The van der Waals surface area contributed by atoms with Crippen LogP contribution >= 0.6 is 0 Å². The van der Waals surface area contributed by atoms with Gasteiger partial charge in [0.25, 0.3) is 0 Å². The summed E-state index contributed by atoms with van der Waals surface area (Å²) in [6, 6.07) is 0. The number of likely N-dealkylation sites (tertiary alicyclic amines) is 1. The molecule has 0 N–H and O–H groups in total. The van der Waals surface area contributed by atoms with Crippen molar-refractivity contribution in [3.8, 4) is 0 Å². The highest BCUT2D eigenvalue weighted by molar-refractivity contribution is 4.84. The summed E-state index contributed by atoms with van der Waals surface area (Å²) in [6.07, 6.45) is 12.8. The van der Waals surface area contributed by atoms with Crippen LogP contribution in [0.5, 0.6) is 0 Å². The van der Waals surface area contributed by atoms with Gasteiger partial charge in [-0.2, -0.15) is 0 Å². The summed E-state index contributed by atoms with van der Waals surface area (Å²) in [5.74, 6) is 2.66. The first-order valence-electron chi connectivity index (χ1n) is 10.6. The lowest BCUT2D eigenvalue weighted by Gasteiger charge is -2.42. The van der Waals surface area contributed by atoms with E-state index in [1.807, 2.05) is 0 Å². The van der Waals surface area contributed by atoms with Crippen LogP contribution in [0.25, 0.3) is 0 Å². The van der Waals surface area contributed by atoms with Crippen molar-refractivity contribution < 1.29 is 0 Å². The fourth-order valence-electron chi connectivity index (χ4n) is 4.15. The Hall–Kier alpha value is -0.0400.